The second-order valence-electron chi connectivity index (χ2n) is 8.80. The molecule has 1 aromatic carbocycles. The zero-order valence-electron chi connectivity index (χ0n) is 18.5. The molecule has 8 nitrogen and oxygen atoms in total. The van der Waals surface area contributed by atoms with Crippen LogP contribution in [-0.2, 0) is 11.8 Å². The molecule has 0 amide bonds. The number of ether oxygens (including phenoxy) is 1. The normalized spacial score (nSPS) is 18.6. The number of pyridine rings is 1. The first-order chi connectivity index (χ1) is 16.5. The van der Waals surface area contributed by atoms with Gasteiger partial charge in [0.1, 0.15) is 28.9 Å². The third kappa shape index (κ3) is 3.74. The first-order valence-corrected chi connectivity index (χ1v) is 11.6. The molecule has 1 saturated heterocycles. The third-order valence-corrected chi connectivity index (χ3v) is 6.62. The molecular formula is C24H22ClFN6O2. The molecule has 1 atom stereocenters. The zero-order chi connectivity index (χ0) is 23.4. The van der Waals surface area contributed by atoms with Crippen molar-refractivity contribution in [3.05, 3.63) is 69.7 Å². The van der Waals surface area contributed by atoms with E-state index in [4.69, 9.17) is 21.3 Å². The van der Waals surface area contributed by atoms with Crippen LogP contribution in [0.2, 0.25) is 5.02 Å². The third-order valence-electron chi connectivity index (χ3n) is 6.38. The largest absolute Gasteiger partial charge is 0.370 e. The van der Waals surface area contributed by atoms with E-state index in [9.17, 15) is 9.18 Å². The van der Waals surface area contributed by atoms with Crippen molar-refractivity contribution < 1.29 is 9.13 Å². The molecular weight excluding hydrogens is 459 g/mol. The monoisotopic (exact) mass is 480 g/mol. The molecule has 0 radical (unpaired) electrons. The fourth-order valence-electron chi connectivity index (χ4n) is 4.35. The van der Waals surface area contributed by atoms with E-state index in [1.165, 1.54) is 17.0 Å². The van der Waals surface area contributed by atoms with Gasteiger partial charge < -0.3 is 14.2 Å². The Morgan fingerprint density at radius 1 is 1.24 bits per heavy atom. The lowest BCUT2D eigenvalue weighted by Gasteiger charge is -2.33. The Labute approximate surface area is 199 Å². The highest BCUT2D eigenvalue weighted by molar-refractivity contribution is 6.30. The van der Waals surface area contributed by atoms with Crippen LogP contribution >= 0.6 is 11.6 Å². The van der Waals surface area contributed by atoms with Gasteiger partial charge >= 0.3 is 0 Å². The minimum atomic E-state index is -0.520. The van der Waals surface area contributed by atoms with Crippen molar-refractivity contribution >= 4 is 28.3 Å². The first-order valence-electron chi connectivity index (χ1n) is 11.2. The number of aromatic nitrogens is 5. The van der Waals surface area contributed by atoms with Crippen molar-refractivity contribution in [2.45, 2.75) is 25.0 Å². The van der Waals surface area contributed by atoms with Gasteiger partial charge in [-0.05, 0) is 37.1 Å². The van der Waals surface area contributed by atoms with Gasteiger partial charge in [0.25, 0.3) is 5.56 Å². The molecule has 2 fully saturated rings. The molecule has 174 valence electrons. The van der Waals surface area contributed by atoms with E-state index in [0.717, 1.165) is 18.4 Å². The van der Waals surface area contributed by atoms with E-state index in [2.05, 4.69) is 15.0 Å². The Bertz CT molecular complexity index is 1460. The highest BCUT2D eigenvalue weighted by Gasteiger charge is 2.29. The van der Waals surface area contributed by atoms with E-state index >= 15 is 0 Å². The molecule has 2 aliphatic rings. The molecule has 1 aliphatic carbocycles. The lowest BCUT2D eigenvalue weighted by atomic mass is 10.1. The summed E-state index contributed by atoms with van der Waals surface area (Å²) in [5.74, 6) is 0.0538. The second kappa shape index (κ2) is 8.18. The van der Waals surface area contributed by atoms with Gasteiger partial charge in [0.15, 0.2) is 0 Å². The van der Waals surface area contributed by atoms with Crippen LogP contribution in [0.3, 0.4) is 0 Å². The summed E-state index contributed by atoms with van der Waals surface area (Å²) >= 11 is 5.96. The highest BCUT2D eigenvalue weighted by atomic mass is 35.5. The number of nitrogens with zero attached hydrogens (tertiary/aromatic N) is 6. The number of rotatable bonds is 4. The van der Waals surface area contributed by atoms with Gasteiger partial charge in [-0.15, -0.1) is 0 Å². The summed E-state index contributed by atoms with van der Waals surface area (Å²) < 4.78 is 24.3. The Morgan fingerprint density at radius 2 is 2.09 bits per heavy atom. The number of hydrogen-bond donors (Lipinski definition) is 0. The standard InChI is InChI=1S/C24H22ClFN6O2/c1-30-13-27-22-18(24(30)33)9-21(29-23(22)17-5-2-15(25)8-19(17)26)31-6-7-34-20(12-31)14-10-28-32(11-14)16-3-4-16/h2,5,8-11,13,16,20H,3-4,6-7,12H2,1H3/t20-/m0/s1. The number of hydrogen-bond acceptors (Lipinski definition) is 6. The maximum Gasteiger partial charge on any atom is 0.261 e. The zero-order valence-corrected chi connectivity index (χ0v) is 19.2. The van der Waals surface area contributed by atoms with E-state index in [-0.39, 0.29) is 22.2 Å². The fourth-order valence-corrected chi connectivity index (χ4v) is 4.51. The van der Waals surface area contributed by atoms with Crippen molar-refractivity contribution in [1.29, 1.82) is 0 Å². The Morgan fingerprint density at radius 3 is 2.88 bits per heavy atom. The van der Waals surface area contributed by atoms with Gasteiger partial charge in [0.2, 0.25) is 0 Å². The molecule has 34 heavy (non-hydrogen) atoms. The average molecular weight is 481 g/mol. The minimum absolute atomic E-state index is 0.175. The van der Waals surface area contributed by atoms with Crippen LogP contribution in [0.4, 0.5) is 10.2 Å². The second-order valence-corrected chi connectivity index (χ2v) is 9.24. The molecule has 1 aliphatic heterocycles. The average Bonchev–Trinajstić information content (AvgIpc) is 3.57. The van der Waals surface area contributed by atoms with Crippen LogP contribution in [0.25, 0.3) is 22.2 Å². The summed E-state index contributed by atoms with van der Waals surface area (Å²) in [5.41, 5.74) is 1.69. The minimum Gasteiger partial charge on any atom is -0.370 e. The van der Waals surface area contributed by atoms with Crippen molar-refractivity contribution in [1.82, 2.24) is 24.3 Å². The van der Waals surface area contributed by atoms with Gasteiger partial charge in [0.05, 0.1) is 30.6 Å². The van der Waals surface area contributed by atoms with Crippen molar-refractivity contribution in [3.63, 3.8) is 0 Å². The smallest absolute Gasteiger partial charge is 0.261 e. The molecule has 0 spiro atoms. The summed E-state index contributed by atoms with van der Waals surface area (Å²) in [6.07, 6.45) is 7.47. The van der Waals surface area contributed by atoms with Gasteiger partial charge in [-0.2, -0.15) is 5.10 Å². The number of aryl methyl sites for hydroxylation is 1. The predicted octanol–water partition coefficient (Wildman–Crippen LogP) is 3.90. The Kier molecular flexibility index (Phi) is 5.11. The molecule has 4 heterocycles. The number of morpholine rings is 1. The van der Waals surface area contributed by atoms with Crippen molar-refractivity contribution in [2.24, 2.45) is 7.05 Å². The molecule has 1 saturated carbocycles. The van der Waals surface area contributed by atoms with E-state index in [0.29, 0.717) is 48.2 Å². The Balaban J connectivity index is 1.43. The number of benzene rings is 1. The van der Waals surface area contributed by atoms with Crippen LogP contribution in [-0.4, -0.2) is 44.0 Å². The summed E-state index contributed by atoms with van der Waals surface area (Å²) in [6, 6.07) is 6.63. The lowest BCUT2D eigenvalue weighted by Crippen LogP contribution is -2.39. The van der Waals surface area contributed by atoms with Gasteiger partial charge in [0, 0.05) is 42.5 Å². The summed E-state index contributed by atoms with van der Waals surface area (Å²) in [6.45, 7) is 1.63. The molecule has 0 bridgehead atoms. The SMILES string of the molecule is Cn1cnc2c(-c3ccc(Cl)cc3F)nc(N3CCO[C@H](c4cnn(C5CC5)c4)C3)cc2c1=O. The van der Waals surface area contributed by atoms with Crippen molar-refractivity contribution in [3.8, 4) is 11.3 Å². The topological polar surface area (TPSA) is 78.1 Å². The highest BCUT2D eigenvalue weighted by Crippen LogP contribution is 2.36. The number of halogens is 2. The number of fused-ring (bicyclic) bond motifs is 1. The molecule has 0 unspecified atom stereocenters. The van der Waals surface area contributed by atoms with E-state index in [1.807, 2.05) is 17.1 Å². The molecule has 0 N–H and O–H groups in total. The maximum atomic E-state index is 14.9. The molecule has 10 heteroatoms. The van der Waals surface area contributed by atoms with E-state index in [1.54, 1.807) is 25.2 Å². The van der Waals surface area contributed by atoms with Gasteiger partial charge in [-0.3, -0.25) is 9.48 Å². The van der Waals surface area contributed by atoms with Crippen LogP contribution in [0.5, 0.6) is 0 Å². The van der Waals surface area contributed by atoms with Crippen LogP contribution in [0, 0.1) is 5.82 Å². The summed E-state index contributed by atoms with van der Waals surface area (Å²) in [7, 11) is 1.64. The van der Waals surface area contributed by atoms with Crippen molar-refractivity contribution in [2.75, 3.05) is 24.6 Å². The van der Waals surface area contributed by atoms with Crippen LogP contribution < -0.4 is 10.5 Å². The molecule has 4 aromatic rings. The summed E-state index contributed by atoms with van der Waals surface area (Å²) in [5, 5.41) is 5.15. The van der Waals surface area contributed by atoms with Crippen LogP contribution in [0.1, 0.15) is 30.6 Å². The maximum absolute atomic E-state index is 14.9. The lowest BCUT2D eigenvalue weighted by molar-refractivity contribution is 0.0395. The summed E-state index contributed by atoms with van der Waals surface area (Å²) in [4.78, 5) is 24.2. The predicted molar refractivity (Wildman–Crippen MR) is 127 cm³/mol. The first kappa shape index (κ1) is 21.2. The van der Waals surface area contributed by atoms with Crippen LogP contribution in [0.15, 0.2) is 47.8 Å². The van der Waals surface area contributed by atoms with Gasteiger partial charge in [-0.1, -0.05) is 11.6 Å². The quantitative estimate of drug-likeness (QED) is 0.441. The number of anilines is 1. The molecule has 3 aromatic heterocycles. The molecule has 6 rings (SSSR count). The van der Waals surface area contributed by atoms with Gasteiger partial charge in [-0.25, -0.2) is 14.4 Å². The Hall–Kier alpha value is -3.30. The fraction of sp³-hybridized carbons (Fsp3) is 0.333. The van der Waals surface area contributed by atoms with E-state index < -0.39 is 5.82 Å².